The summed E-state index contributed by atoms with van der Waals surface area (Å²) in [4.78, 5) is 62.0. The SMILES string of the molecule is COC(=O)C[C@@H](c1ccc([N+](=O)[O-])cc1)[C@H](NC(=O)[C@H](O)[C@@H](NC(=O)c1ccccc1)c1ccccc1)C(=O)OC. The summed E-state index contributed by atoms with van der Waals surface area (Å²) in [6, 6.07) is 18.8. The molecule has 4 atom stereocenters. The predicted molar refractivity (Wildman–Crippen MR) is 146 cm³/mol. The maximum absolute atomic E-state index is 13.4. The van der Waals surface area contributed by atoms with Crippen LogP contribution in [0.15, 0.2) is 84.9 Å². The van der Waals surface area contributed by atoms with Gasteiger partial charge in [0, 0.05) is 23.6 Å². The van der Waals surface area contributed by atoms with E-state index in [1.807, 2.05) is 0 Å². The van der Waals surface area contributed by atoms with Crippen molar-refractivity contribution in [3.8, 4) is 0 Å². The van der Waals surface area contributed by atoms with Crippen molar-refractivity contribution in [2.75, 3.05) is 14.2 Å². The minimum atomic E-state index is -1.88. The smallest absolute Gasteiger partial charge is 0.329 e. The molecule has 0 heterocycles. The van der Waals surface area contributed by atoms with Gasteiger partial charge in [-0.15, -0.1) is 0 Å². The van der Waals surface area contributed by atoms with Gasteiger partial charge in [0.1, 0.15) is 6.04 Å². The number of rotatable bonds is 12. The van der Waals surface area contributed by atoms with Gasteiger partial charge >= 0.3 is 11.9 Å². The zero-order valence-corrected chi connectivity index (χ0v) is 22.3. The Kier molecular flexibility index (Phi) is 10.6. The van der Waals surface area contributed by atoms with E-state index in [1.54, 1.807) is 60.7 Å². The van der Waals surface area contributed by atoms with E-state index in [0.717, 1.165) is 14.2 Å². The molecule has 3 rings (SSSR count). The lowest BCUT2D eigenvalue weighted by Crippen LogP contribution is -2.52. The van der Waals surface area contributed by atoms with Crippen molar-refractivity contribution in [3.05, 3.63) is 112 Å². The van der Waals surface area contributed by atoms with Gasteiger partial charge in [-0.3, -0.25) is 24.5 Å². The third-order valence-corrected chi connectivity index (χ3v) is 6.37. The van der Waals surface area contributed by atoms with Gasteiger partial charge in [-0.25, -0.2) is 4.79 Å². The van der Waals surface area contributed by atoms with Gasteiger partial charge in [0.05, 0.1) is 31.6 Å². The summed E-state index contributed by atoms with van der Waals surface area (Å²) < 4.78 is 9.63. The molecule has 3 aromatic carbocycles. The molecule has 0 aliphatic heterocycles. The summed E-state index contributed by atoms with van der Waals surface area (Å²) in [5.74, 6) is -4.35. The highest BCUT2D eigenvalue weighted by atomic mass is 16.6. The molecule has 0 spiro atoms. The van der Waals surface area contributed by atoms with E-state index in [-0.39, 0.29) is 5.69 Å². The Morgan fingerprint density at radius 3 is 1.95 bits per heavy atom. The second-order valence-electron chi connectivity index (χ2n) is 8.92. The van der Waals surface area contributed by atoms with Crippen LogP contribution in [0.4, 0.5) is 5.69 Å². The number of ether oxygens (including phenoxy) is 2. The standard InChI is InChI=1S/C29H29N3O9/c1-40-23(33)17-22(18-13-15-21(16-14-18)32(38)39)25(29(37)41-2)31-28(36)26(34)24(19-9-5-3-6-10-19)30-27(35)20-11-7-4-8-12-20/h3-16,22,24-26,34H,17H2,1-2H3,(H,30,35)(H,31,36)/t22-,24-,25-,26+/m0/s1. The molecule has 0 aliphatic carbocycles. The molecular formula is C29H29N3O9. The molecule has 3 aromatic rings. The molecule has 0 saturated heterocycles. The minimum Gasteiger partial charge on any atom is -0.469 e. The monoisotopic (exact) mass is 563 g/mol. The Hall–Kier alpha value is -5.10. The average molecular weight is 564 g/mol. The van der Waals surface area contributed by atoms with Gasteiger partial charge in [-0.05, 0) is 23.3 Å². The van der Waals surface area contributed by atoms with Crippen molar-refractivity contribution in [1.29, 1.82) is 0 Å². The summed E-state index contributed by atoms with van der Waals surface area (Å²) in [6.07, 6.45) is -2.29. The molecule has 0 bridgehead atoms. The average Bonchev–Trinajstić information content (AvgIpc) is 3.01. The molecule has 2 amide bonds. The first-order chi connectivity index (χ1) is 19.7. The van der Waals surface area contributed by atoms with Gasteiger partial charge in [-0.2, -0.15) is 0 Å². The number of nitro groups is 1. The van der Waals surface area contributed by atoms with Gasteiger partial charge in [0.15, 0.2) is 6.10 Å². The maximum atomic E-state index is 13.4. The van der Waals surface area contributed by atoms with E-state index < -0.39 is 59.2 Å². The predicted octanol–water partition coefficient (Wildman–Crippen LogP) is 2.43. The molecular weight excluding hydrogens is 534 g/mol. The Morgan fingerprint density at radius 2 is 1.41 bits per heavy atom. The molecule has 0 radical (unpaired) electrons. The van der Waals surface area contributed by atoms with Crippen molar-refractivity contribution in [2.24, 2.45) is 0 Å². The molecule has 0 aliphatic rings. The molecule has 0 fully saturated rings. The molecule has 0 aromatic heterocycles. The summed E-state index contributed by atoms with van der Waals surface area (Å²) in [5, 5.41) is 27.4. The van der Waals surface area contributed by atoms with E-state index in [0.29, 0.717) is 16.7 Å². The number of amides is 2. The topological polar surface area (TPSA) is 174 Å². The van der Waals surface area contributed by atoms with Crippen molar-refractivity contribution >= 4 is 29.4 Å². The number of aliphatic hydroxyl groups is 1. The summed E-state index contributed by atoms with van der Waals surface area (Å²) in [6.45, 7) is 0. The lowest BCUT2D eigenvalue weighted by Gasteiger charge is -2.29. The van der Waals surface area contributed by atoms with Crippen LogP contribution in [0.1, 0.15) is 39.9 Å². The van der Waals surface area contributed by atoms with Crippen LogP contribution in [0.2, 0.25) is 0 Å². The van der Waals surface area contributed by atoms with E-state index in [1.165, 1.54) is 24.3 Å². The van der Waals surface area contributed by atoms with Crippen molar-refractivity contribution in [1.82, 2.24) is 10.6 Å². The van der Waals surface area contributed by atoms with Gasteiger partial charge in [-0.1, -0.05) is 60.7 Å². The summed E-state index contributed by atoms with van der Waals surface area (Å²) in [5.41, 5.74) is 0.781. The van der Waals surface area contributed by atoms with Crippen LogP contribution in [0.3, 0.4) is 0 Å². The number of carbonyl (C=O) groups is 4. The number of non-ortho nitro benzene ring substituents is 1. The van der Waals surface area contributed by atoms with Gasteiger partial charge in [0.2, 0.25) is 0 Å². The van der Waals surface area contributed by atoms with Gasteiger partial charge in [0.25, 0.3) is 17.5 Å². The Balaban J connectivity index is 1.94. The number of benzene rings is 3. The van der Waals surface area contributed by atoms with Crippen LogP contribution >= 0.6 is 0 Å². The number of nitrogens with zero attached hydrogens (tertiary/aromatic N) is 1. The molecule has 3 N–H and O–H groups in total. The van der Waals surface area contributed by atoms with Crippen LogP contribution in [0.25, 0.3) is 0 Å². The maximum Gasteiger partial charge on any atom is 0.329 e. The first-order valence-electron chi connectivity index (χ1n) is 12.4. The fraction of sp³-hybridized carbons (Fsp3) is 0.241. The second-order valence-corrected chi connectivity index (χ2v) is 8.92. The second kappa shape index (κ2) is 14.3. The quantitative estimate of drug-likeness (QED) is 0.170. The highest BCUT2D eigenvalue weighted by molar-refractivity contribution is 5.95. The Bertz CT molecular complexity index is 1370. The molecule has 214 valence electrons. The zero-order chi connectivity index (χ0) is 29.9. The number of nitro benzene ring substituents is 1. The van der Waals surface area contributed by atoms with Crippen LogP contribution in [0, 0.1) is 10.1 Å². The van der Waals surface area contributed by atoms with Crippen LogP contribution < -0.4 is 10.6 Å². The molecule has 12 nitrogen and oxygen atoms in total. The molecule has 12 heteroatoms. The number of hydrogen-bond donors (Lipinski definition) is 3. The van der Waals surface area contributed by atoms with Crippen LogP contribution in [-0.4, -0.2) is 60.1 Å². The Morgan fingerprint density at radius 1 is 0.829 bits per heavy atom. The van der Waals surface area contributed by atoms with Crippen LogP contribution in [-0.2, 0) is 23.9 Å². The van der Waals surface area contributed by atoms with Gasteiger partial charge < -0.3 is 25.2 Å². The van der Waals surface area contributed by atoms with Crippen molar-refractivity contribution in [3.63, 3.8) is 0 Å². The minimum absolute atomic E-state index is 0.223. The highest BCUT2D eigenvalue weighted by Crippen LogP contribution is 2.28. The van der Waals surface area contributed by atoms with Crippen LogP contribution in [0.5, 0.6) is 0 Å². The lowest BCUT2D eigenvalue weighted by atomic mass is 9.87. The molecule has 41 heavy (non-hydrogen) atoms. The summed E-state index contributed by atoms with van der Waals surface area (Å²) >= 11 is 0. The van der Waals surface area contributed by atoms with E-state index in [4.69, 9.17) is 9.47 Å². The van der Waals surface area contributed by atoms with Crippen molar-refractivity contribution in [2.45, 2.75) is 30.5 Å². The van der Waals surface area contributed by atoms with E-state index in [2.05, 4.69) is 10.6 Å². The number of hydrogen-bond acceptors (Lipinski definition) is 9. The van der Waals surface area contributed by atoms with E-state index >= 15 is 0 Å². The summed E-state index contributed by atoms with van der Waals surface area (Å²) in [7, 11) is 2.22. The lowest BCUT2D eigenvalue weighted by molar-refractivity contribution is -0.384. The number of methoxy groups -OCH3 is 2. The zero-order valence-electron chi connectivity index (χ0n) is 22.3. The number of esters is 2. The fourth-order valence-electron chi connectivity index (χ4n) is 4.19. The Labute approximate surface area is 235 Å². The van der Waals surface area contributed by atoms with Crippen molar-refractivity contribution < 1.29 is 38.7 Å². The molecule has 0 unspecified atom stereocenters. The van der Waals surface area contributed by atoms with E-state index in [9.17, 15) is 34.4 Å². The number of carbonyl (C=O) groups excluding carboxylic acids is 4. The normalized spacial score (nSPS) is 13.5. The highest BCUT2D eigenvalue weighted by Gasteiger charge is 2.38. The first-order valence-corrected chi connectivity index (χ1v) is 12.4. The largest absolute Gasteiger partial charge is 0.469 e. The third-order valence-electron chi connectivity index (χ3n) is 6.37. The molecule has 0 saturated carbocycles. The first kappa shape index (κ1) is 30.4. The number of aliphatic hydroxyl groups excluding tert-OH is 1. The fourth-order valence-corrected chi connectivity index (χ4v) is 4.19. The third kappa shape index (κ3) is 7.96. The number of nitrogens with one attached hydrogen (secondary N) is 2.